The highest BCUT2D eigenvalue weighted by Crippen LogP contribution is 2.17. The third kappa shape index (κ3) is 2.54. The van der Waals surface area contributed by atoms with Crippen LogP contribution < -0.4 is 5.73 Å². The van der Waals surface area contributed by atoms with Crippen LogP contribution in [0.1, 0.15) is 17.0 Å². The highest BCUT2D eigenvalue weighted by atomic mass is 16.4. The van der Waals surface area contributed by atoms with Crippen LogP contribution in [0.3, 0.4) is 0 Å². The summed E-state index contributed by atoms with van der Waals surface area (Å²) in [5, 5.41) is 17.5. The molecule has 0 bridgehead atoms. The fourth-order valence-electron chi connectivity index (χ4n) is 1.29. The van der Waals surface area contributed by atoms with Crippen LogP contribution in [0.2, 0.25) is 0 Å². The predicted molar refractivity (Wildman–Crippen MR) is 52.3 cm³/mol. The molecule has 0 aliphatic carbocycles. The van der Waals surface area contributed by atoms with Crippen molar-refractivity contribution in [3.8, 4) is 0 Å². The maximum Gasteiger partial charge on any atom is 0.322 e. The molecule has 0 unspecified atom stereocenters. The number of aliphatic carboxylic acids is 2. The summed E-state index contributed by atoms with van der Waals surface area (Å²) in [6, 6.07) is 6.26. The van der Waals surface area contributed by atoms with E-state index in [9.17, 15) is 9.59 Å². The fraction of sp³-hybridized carbons (Fsp3) is 0.200. The molecule has 0 spiro atoms. The van der Waals surface area contributed by atoms with Crippen LogP contribution in [0.25, 0.3) is 0 Å². The van der Waals surface area contributed by atoms with E-state index in [4.69, 9.17) is 15.9 Å². The fourth-order valence-corrected chi connectivity index (χ4v) is 1.29. The van der Waals surface area contributed by atoms with Crippen molar-refractivity contribution in [2.75, 3.05) is 0 Å². The minimum absolute atomic E-state index is 0.234. The molecule has 0 heterocycles. The van der Waals surface area contributed by atoms with Crippen molar-refractivity contribution < 1.29 is 19.8 Å². The van der Waals surface area contributed by atoms with Crippen molar-refractivity contribution in [1.82, 2.24) is 0 Å². The summed E-state index contributed by atoms with van der Waals surface area (Å²) in [7, 11) is 0. The second kappa shape index (κ2) is 4.56. The highest BCUT2D eigenvalue weighted by molar-refractivity contribution is 5.98. The van der Waals surface area contributed by atoms with Crippen LogP contribution in [0.4, 0.5) is 0 Å². The standard InChI is InChI=1S/C10H11NO4/c11-5-6-2-1-3-7(4-6)8(9(12)13)10(14)15/h1-4,8H,5,11H2,(H,12,13)(H,14,15). The Hall–Kier alpha value is -1.88. The molecule has 80 valence electrons. The van der Waals surface area contributed by atoms with Crippen LogP contribution in [0, 0.1) is 0 Å². The first kappa shape index (κ1) is 11.2. The lowest BCUT2D eigenvalue weighted by atomic mass is 9.97. The zero-order valence-electron chi connectivity index (χ0n) is 7.88. The van der Waals surface area contributed by atoms with Gasteiger partial charge in [-0.2, -0.15) is 0 Å². The van der Waals surface area contributed by atoms with Crippen LogP contribution >= 0.6 is 0 Å². The lowest BCUT2D eigenvalue weighted by Gasteiger charge is -2.08. The van der Waals surface area contributed by atoms with Gasteiger partial charge in [0.25, 0.3) is 0 Å². The molecular weight excluding hydrogens is 198 g/mol. The summed E-state index contributed by atoms with van der Waals surface area (Å²) in [5.41, 5.74) is 6.32. The normalized spacial score (nSPS) is 10.3. The second-order valence-electron chi connectivity index (χ2n) is 3.06. The average Bonchev–Trinajstić information content (AvgIpc) is 2.17. The first-order valence-electron chi connectivity index (χ1n) is 4.30. The molecule has 0 saturated carbocycles. The van der Waals surface area contributed by atoms with E-state index in [-0.39, 0.29) is 12.1 Å². The lowest BCUT2D eigenvalue weighted by Crippen LogP contribution is -2.21. The van der Waals surface area contributed by atoms with Gasteiger partial charge in [-0.25, -0.2) is 0 Å². The van der Waals surface area contributed by atoms with Gasteiger partial charge in [0.2, 0.25) is 0 Å². The Bertz CT molecular complexity index is 375. The summed E-state index contributed by atoms with van der Waals surface area (Å²) < 4.78 is 0. The first-order valence-corrected chi connectivity index (χ1v) is 4.30. The van der Waals surface area contributed by atoms with Crippen molar-refractivity contribution >= 4 is 11.9 Å². The Morgan fingerprint density at radius 1 is 1.27 bits per heavy atom. The lowest BCUT2D eigenvalue weighted by molar-refractivity contribution is -0.150. The van der Waals surface area contributed by atoms with E-state index in [1.807, 2.05) is 0 Å². The third-order valence-corrected chi connectivity index (χ3v) is 2.01. The largest absolute Gasteiger partial charge is 0.480 e. The van der Waals surface area contributed by atoms with Gasteiger partial charge in [0.1, 0.15) is 0 Å². The molecule has 1 aromatic carbocycles. The van der Waals surface area contributed by atoms with Gasteiger partial charge in [-0.05, 0) is 11.1 Å². The molecule has 1 rings (SSSR count). The molecule has 0 radical (unpaired) electrons. The number of hydrogen-bond acceptors (Lipinski definition) is 3. The molecule has 15 heavy (non-hydrogen) atoms. The zero-order valence-corrected chi connectivity index (χ0v) is 7.88. The van der Waals surface area contributed by atoms with Gasteiger partial charge < -0.3 is 15.9 Å². The van der Waals surface area contributed by atoms with Crippen molar-refractivity contribution in [2.24, 2.45) is 5.73 Å². The van der Waals surface area contributed by atoms with E-state index in [1.165, 1.54) is 12.1 Å². The van der Waals surface area contributed by atoms with Crippen molar-refractivity contribution in [2.45, 2.75) is 12.5 Å². The average molecular weight is 209 g/mol. The molecule has 5 nitrogen and oxygen atoms in total. The number of carboxylic acid groups (broad SMARTS) is 2. The summed E-state index contributed by atoms with van der Waals surface area (Å²) in [4.78, 5) is 21.5. The van der Waals surface area contributed by atoms with E-state index in [0.717, 1.165) is 0 Å². The molecule has 0 aliphatic rings. The van der Waals surface area contributed by atoms with Crippen molar-refractivity contribution in [1.29, 1.82) is 0 Å². The number of rotatable bonds is 4. The molecule has 0 amide bonds. The van der Waals surface area contributed by atoms with Crippen LogP contribution in [-0.4, -0.2) is 22.2 Å². The third-order valence-electron chi connectivity index (χ3n) is 2.01. The van der Waals surface area contributed by atoms with Crippen LogP contribution in [0.5, 0.6) is 0 Å². The van der Waals surface area contributed by atoms with Crippen molar-refractivity contribution in [3.63, 3.8) is 0 Å². The van der Waals surface area contributed by atoms with Gasteiger partial charge in [0, 0.05) is 6.54 Å². The minimum atomic E-state index is -1.53. The van der Waals surface area contributed by atoms with E-state index in [0.29, 0.717) is 5.56 Å². The molecule has 0 fully saturated rings. The maximum atomic E-state index is 10.7. The van der Waals surface area contributed by atoms with E-state index < -0.39 is 17.9 Å². The summed E-state index contributed by atoms with van der Waals surface area (Å²) in [6.45, 7) is 0.250. The van der Waals surface area contributed by atoms with E-state index in [2.05, 4.69) is 0 Å². The SMILES string of the molecule is NCc1cccc(C(C(=O)O)C(=O)O)c1. The van der Waals surface area contributed by atoms with Gasteiger partial charge in [-0.15, -0.1) is 0 Å². The summed E-state index contributed by atoms with van der Waals surface area (Å²) in [5.74, 6) is -4.29. The van der Waals surface area contributed by atoms with Gasteiger partial charge in [-0.1, -0.05) is 24.3 Å². The Kier molecular flexibility index (Phi) is 3.41. The summed E-state index contributed by atoms with van der Waals surface area (Å²) >= 11 is 0. The number of hydrogen-bond donors (Lipinski definition) is 3. The molecular formula is C10H11NO4. The Morgan fingerprint density at radius 2 is 1.87 bits per heavy atom. The minimum Gasteiger partial charge on any atom is -0.480 e. The Morgan fingerprint density at radius 3 is 2.33 bits per heavy atom. The molecule has 4 N–H and O–H groups in total. The molecule has 0 atom stereocenters. The second-order valence-corrected chi connectivity index (χ2v) is 3.06. The van der Waals surface area contributed by atoms with E-state index >= 15 is 0 Å². The number of benzene rings is 1. The molecule has 0 saturated heterocycles. The smallest absolute Gasteiger partial charge is 0.322 e. The van der Waals surface area contributed by atoms with Gasteiger partial charge in [-0.3, -0.25) is 9.59 Å². The maximum absolute atomic E-state index is 10.7. The molecule has 5 heteroatoms. The number of nitrogens with two attached hydrogens (primary N) is 1. The zero-order chi connectivity index (χ0) is 11.4. The van der Waals surface area contributed by atoms with Crippen LogP contribution in [0.15, 0.2) is 24.3 Å². The van der Waals surface area contributed by atoms with Gasteiger partial charge in [0.15, 0.2) is 5.92 Å². The van der Waals surface area contributed by atoms with Gasteiger partial charge in [0.05, 0.1) is 0 Å². The Labute approximate surface area is 86.1 Å². The monoisotopic (exact) mass is 209 g/mol. The van der Waals surface area contributed by atoms with Gasteiger partial charge >= 0.3 is 11.9 Å². The first-order chi connectivity index (χ1) is 7.06. The topological polar surface area (TPSA) is 101 Å². The summed E-state index contributed by atoms with van der Waals surface area (Å²) in [6.07, 6.45) is 0. The highest BCUT2D eigenvalue weighted by Gasteiger charge is 2.27. The van der Waals surface area contributed by atoms with E-state index in [1.54, 1.807) is 12.1 Å². The quantitative estimate of drug-likeness (QED) is 0.623. The molecule has 0 aliphatic heterocycles. The predicted octanol–water partition coefficient (Wildman–Crippen LogP) is 0.398. The number of carboxylic acids is 2. The Balaban J connectivity index is 3.11. The molecule has 1 aromatic rings. The number of carbonyl (C=O) groups is 2. The van der Waals surface area contributed by atoms with Crippen molar-refractivity contribution in [3.05, 3.63) is 35.4 Å². The van der Waals surface area contributed by atoms with Crippen LogP contribution in [-0.2, 0) is 16.1 Å². The molecule has 0 aromatic heterocycles.